The van der Waals surface area contributed by atoms with Crippen LogP contribution in [-0.2, 0) is 10.8 Å². The maximum Gasteiger partial charge on any atom is 0.0640 e. The quantitative estimate of drug-likeness (QED) is 0.142. The van der Waals surface area contributed by atoms with E-state index in [0.29, 0.717) is 0 Å². The first kappa shape index (κ1) is 55.4. The van der Waals surface area contributed by atoms with Crippen LogP contribution in [0.15, 0.2) is 315 Å². The van der Waals surface area contributed by atoms with Crippen molar-refractivity contribution >= 4 is 108 Å². The predicted molar refractivity (Wildman–Crippen MR) is 397 cm³/mol. The van der Waals surface area contributed by atoms with E-state index in [4.69, 9.17) is 0 Å². The van der Waals surface area contributed by atoms with Gasteiger partial charge in [-0.3, -0.25) is 0 Å². The fraction of sp³-hybridized carbons (Fsp3) is 0.0682. The number of hydrogen-bond donors (Lipinski definition) is 0. The predicted octanol–water partition coefficient (Wildman–Crippen LogP) is 25.8. The molecule has 0 radical (unpaired) electrons. The Labute approximate surface area is 545 Å². The molecular formula is C88H64N2S2. The Bertz CT molecular complexity index is 5410. The summed E-state index contributed by atoms with van der Waals surface area (Å²) in [6.45, 7) is 9.55. The number of nitrogens with zero attached hydrogens (tertiary/aromatic N) is 2. The van der Waals surface area contributed by atoms with Crippen LogP contribution in [0.2, 0.25) is 0 Å². The first-order valence-electron chi connectivity index (χ1n) is 31.9. The van der Waals surface area contributed by atoms with Gasteiger partial charge in [0, 0.05) is 64.5 Å². The van der Waals surface area contributed by atoms with Crippen LogP contribution in [-0.4, -0.2) is 0 Å². The maximum absolute atomic E-state index is 2.43. The van der Waals surface area contributed by atoms with Gasteiger partial charge in [-0.25, -0.2) is 0 Å². The second-order valence-corrected chi connectivity index (χ2v) is 27.6. The maximum atomic E-state index is 2.43. The van der Waals surface area contributed by atoms with E-state index in [1.54, 1.807) is 0 Å². The largest absolute Gasteiger partial charge is 0.309 e. The van der Waals surface area contributed by atoms with E-state index in [1.807, 2.05) is 22.7 Å². The van der Waals surface area contributed by atoms with Gasteiger partial charge in [-0.15, -0.1) is 22.7 Å². The average Bonchev–Trinajstić information content (AvgIpc) is 1.55. The lowest BCUT2D eigenvalue weighted by Crippen LogP contribution is -2.15. The monoisotopic (exact) mass is 1210 g/mol. The van der Waals surface area contributed by atoms with E-state index >= 15 is 0 Å². The molecule has 2 nitrogen and oxygen atoms in total. The van der Waals surface area contributed by atoms with Gasteiger partial charge in [0.25, 0.3) is 0 Å². The van der Waals surface area contributed by atoms with Crippen LogP contribution in [0.25, 0.3) is 107 Å². The van der Waals surface area contributed by atoms with Gasteiger partial charge >= 0.3 is 0 Å². The van der Waals surface area contributed by atoms with Crippen molar-refractivity contribution in [1.29, 1.82) is 0 Å². The lowest BCUT2D eigenvalue weighted by atomic mass is 9.80. The number of hydrogen-bond acceptors (Lipinski definition) is 4. The minimum Gasteiger partial charge on any atom is -0.309 e. The molecule has 2 aromatic heterocycles. The Morgan fingerprint density at radius 2 is 0.620 bits per heavy atom. The standard InChI is InChI=1S/C45H33NS.C43H31NS/c1-45(2)39-18-10-9-16-36(39)37-28-29-41-42(43(37)45)38-17-11-19-40(44(38)47-41)46(34-24-20-32(21-25-34)30-12-5-3-6-13-30)35-26-22-33(23-27-35)31-14-7-4-8-15-31;1-43(2)37-17-9-8-15-34(37)35-25-26-39-40(41(35)43)36-16-10-18-38(42(36)45-39)44(32-13-4-3-5-14-32)33-23-21-29(22-24-33)31-20-19-28-11-6-7-12-30(28)27-31/h3-29H,1-2H3;3-27H,1-2H3. The number of thiophene rings is 2. The van der Waals surface area contributed by atoms with Crippen LogP contribution in [0.1, 0.15) is 49.9 Å². The third kappa shape index (κ3) is 9.11. The Balaban J connectivity index is 0.000000141. The van der Waals surface area contributed by atoms with Crippen molar-refractivity contribution in [3.8, 4) is 55.6 Å². The van der Waals surface area contributed by atoms with Crippen molar-refractivity contribution in [3.05, 3.63) is 338 Å². The Kier molecular flexibility index (Phi) is 13.3. The third-order valence-corrected chi connectivity index (χ3v) is 21.9. The molecule has 14 aromatic carbocycles. The minimum atomic E-state index is -0.0737. The van der Waals surface area contributed by atoms with Gasteiger partial charge in [0.2, 0.25) is 0 Å². The lowest BCUT2D eigenvalue weighted by molar-refractivity contribution is 0.666. The van der Waals surface area contributed by atoms with E-state index in [9.17, 15) is 0 Å². The Morgan fingerprint density at radius 1 is 0.261 bits per heavy atom. The molecule has 0 amide bonds. The van der Waals surface area contributed by atoms with Crippen molar-refractivity contribution in [1.82, 2.24) is 0 Å². The summed E-state index contributed by atoms with van der Waals surface area (Å²) in [5.74, 6) is 0. The van der Waals surface area contributed by atoms with Crippen LogP contribution in [0.4, 0.5) is 34.1 Å². The normalized spacial score (nSPS) is 13.2. The van der Waals surface area contributed by atoms with Crippen molar-refractivity contribution < 1.29 is 0 Å². The number of rotatable bonds is 9. The van der Waals surface area contributed by atoms with Gasteiger partial charge in [-0.1, -0.05) is 264 Å². The second-order valence-electron chi connectivity index (χ2n) is 25.5. The minimum absolute atomic E-state index is 0.0623. The molecule has 0 spiro atoms. The highest BCUT2D eigenvalue weighted by Gasteiger charge is 2.39. The molecule has 16 aromatic rings. The molecule has 0 saturated carbocycles. The van der Waals surface area contributed by atoms with E-state index in [1.165, 1.54) is 140 Å². The van der Waals surface area contributed by atoms with Crippen molar-refractivity contribution in [2.24, 2.45) is 0 Å². The van der Waals surface area contributed by atoms with Crippen LogP contribution < -0.4 is 9.80 Å². The molecule has 0 bridgehead atoms. The summed E-state index contributed by atoms with van der Waals surface area (Å²) in [6.07, 6.45) is 0. The molecule has 2 heterocycles. The summed E-state index contributed by atoms with van der Waals surface area (Å²) >= 11 is 3.82. The van der Waals surface area contributed by atoms with Gasteiger partial charge in [0.1, 0.15) is 0 Å². The Hall–Kier alpha value is -10.6. The Morgan fingerprint density at radius 3 is 1.08 bits per heavy atom. The topological polar surface area (TPSA) is 6.48 Å². The fourth-order valence-corrected chi connectivity index (χ4v) is 17.5. The van der Waals surface area contributed by atoms with Crippen LogP contribution in [0, 0.1) is 0 Å². The van der Waals surface area contributed by atoms with Gasteiger partial charge in [-0.2, -0.15) is 0 Å². The molecule has 0 saturated heterocycles. The number of fused-ring (bicyclic) bond motifs is 15. The summed E-state index contributed by atoms with van der Waals surface area (Å²) in [7, 11) is 0. The van der Waals surface area contributed by atoms with E-state index < -0.39 is 0 Å². The molecule has 0 atom stereocenters. The molecule has 438 valence electrons. The molecule has 2 aliphatic carbocycles. The molecule has 18 rings (SSSR count). The third-order valence-electron chi connectivity index (χ3n) is 19.5. The van der Waals surface area contributed by atoms with E-state index in [2.05, 4.69) is 353 Å². The highest BCUT2D eigenvalue weighted by molar-refractivity contribution is 7.27. The summed E-state index contributed by atoms with van der Waals surface area (Å²) < 4.78 is 5.31. The van der Waals surface area contributed by atoms with Crippen LogP contribution >= 0.6 is 22.7 Å². The van der Waals surface area contributed by atoms with Gasteiger partial charge in [0.15, 0.2) is 0 Å². The average molecular weight is 1210 g/mol. The van der Waals surface area contributed by atoms with Gasteiger partial charge in [-0.05, 0) is 168 Å². The molecule has 92 heavy (non-hydrogen) atoms. The number of benzene rings is 14. The first-order chi connectivity index (χ1) is 45.2. The van der Waals surface area contributed by atoms with Crippen molar-refractivity contribution in [2.75, 3.05) is 9.80 Å². The summed E-state index contributed by atoms with van der Waals surface area (Å²) in [4.78, 5) is 4.85. The SMILES string of the molecule is CC1(C)c2ccccc2-c2ccc3sc4c(N(c5ccc(-c6ccccc6)cc5)c5ccc(-c6ccccc6)cc5)cccc4c3c21.CC1(C)c2ccccc2-c2ccc3sc4c(N(c5ccccc5)c5ccc(-c6ccc7ccccc7c6)cc5)cccc4c3c21. The number of anilines is 6. The van der Waals surface area contributed by atoms with E-state index in [-0.39, 0.29) is 10.8 Å². The summed E-state index contributed by atoms with van der Waals surface area (Å²) in [5, 5.41) is 7.98. The smallest absolute Gasteiger partial charge is 0.0640 e. The van der Waals surface area contributed by atoms with Crippen LogP contribution in [0.5, 0.6) is 0 Å². The van der Waals surface area contributed by atoms with Gasteiger partial charge in [0.05, 0.1) is 20.8 Å². The van der Waals surface area contributed by atoms with Crippen LogP contribution in [0.3, 0.4) is 0 Å². The molecule has 0 unspecified atom stereocenters. The highest BCUT2D eigenvalue weighted by atomic mass is 32.1. The molecule has 0 aliphatic heterocycles. The second kappa shape index (κ2) is 22.1. The lowest BCUT2D eigenvalue weighted by Gasteiger charge is -2.26. The summed E-state index contributed by atoms with van der Waals surface area (Å²) in [5.41, 5.74) is 25.4. The number of para-hydroxylation sites is 1. The first-order valence-corrected chi connectivity index (χ1v) is 33.5. The van der Waals surface area contributed by atoms with Gasteiger partial charge < -0.3 is 9.80 Å². The molecule has 4 heteroatoms. The fourth-order valence-electron chi connectivity index (χ4n) is 15.1. The van der Waals surface area contributed by atoms with Crippen molar-refractivity contribution in [3.63, 3.8) is 0 Å². The highest BCUT2D eigenvalue weighted by Crippen LogP contribution is 2.57. The molecule has 0 fully saturated rings. The molecular weight excluding hydrogens is 1150 g/mol. The zero-order valence-electron chi connectivity index (χ0n) is 51.7. The molecule has 0 N–H and O–H groups in total. The van der Waals surface area contributed by atoms with E-state index in [0.717, 1.165) is 22.7 Å². The zero-order valence-corrected chi connectivity index (χ0v) is 53.4. The zero-order chi connectivity index (χ0) is 61.7. The van der Waals surface area contributed by atoms with Crippen molar-refractivity contribution in [2.45, 2.75) is 38.5 Å². The molecule has 2 aliphatic rings. The summed E-state index contributed by atoms with van der Waals surface area (Å²) in [6, 6.07) is 115.